The van der Waals surface area contributed by atoms with Crippen molar-refractivity contribution in [2.45, 2.75) is 13.0 Å². The smallest absolute Gasteiger partial charge is 0.319 e. The molecule has 82 valence electrons. The van der Waals surface area contributed by atoms with Gasteiger partial charge in [-0.1, -0.05) is 6.07 Å². The van der Waals surface area contributed by atoms with Gasteiger partial charge in [0.25, 0.3) is 0 Å². The third-order valence-electron chi connectivity index (χ3n) is 1.73. The first-order chi connectivity index (χ1) is 7.11. The number of benzene rings is 1. The Kier molecular flexibility index (Phi) is 4.05. The van der Waals surface area contributed by atoms with E-state index in [1.54, 1.807) is 13.0 Å². The van der Waals surface area contributed by atoms with Crippen LogP contribution in [0.5, 0.6) is 0 Å². The summed E-state index contributed by atoms with van der Waals surface area (Å²) in [5.74, 6) is -0.414. The minimum Gasteiger partial charge on any atom is -0.394 e. The summed E-state index contributed by atoms with van der Waals surface area (Å²) in [5.41, 5.74) is 0.373. The lowest BCUT2D eigenvalue weighted by Crippen LogP contribution is -2.38. The SMILES string of the molecule is C[C@H](CO)NC(=O)Nc1cccc(F)c1. The molecule has 1 rings (SSSR count). The molecule has 15 heavy (non-hydrogen) atoms. The number of urea groups is 1. The lowest BCUT2D eigenvalue weighted by atomic mass is 10.3. The second-order valence-electron chi connectivity index (χ2n) is 3.19. The molecule has 1 aromatic rings. The fraction of sp³-hybridized carbons (Fsp3) is 0.300. The highest BCUT2D eigenvalue weighted by Crippen LogP contribution is 2.08. The molecule has 0 fully saturated rings. The van der Waals surface area contributed by atoms with Crippen molar-refractivity contribution in [2.75, 3.05) is 11.9 Å². The molecule has 0 unspecified atom stereocenters. The number of hydrogen-bond donors (Lipinski definition) is 3. The normalized spacial score (nSPS) is 11.9. The molecular weight excluding hydrogens is 199 g/mol. The Labute approximate surface area is 87.1 Å². The molecule has 3 N–H and O–H groups in total. The van der Waals surface area contributed by atoms with E-state index in [2.05, 4.69) is 10.6 Å². The molecule has 0 spiro atoms. The van der Waals surface area contributed by atoms with Gasteiger partial charge in [0.15, 0.2) is 0 Å². The fourth-order valence-electron chi connectivity index (χ4n) is 1.00. The zero-order valence-corrected chi connectivity index (χ0v) is 8.33. The van der Waals surface area contributed by atoms with E-state index in [4.69, 9.17) is 5.11 Å². The zero-order valence-electron chi connectivity index (χ0n) is 8.33. The van der Waals surface area contributed by atoms with Crippen LogP contribution in [-0.2, 0) is 0 Å². The second-order valence-corrected chi connectivity index (χ2v) is 3.19. The van der Waals surface area contributed by atoms with Crippen molar-refractivity contribution in [3.63, 3.8) is 0 Å². The molecule has 0 aliphatic carbocycles. The van der Waals surface area contributed by atoms with Crippen LogP contribution in [0.2, 0.25) is 0 Å². The molecule has 0 aromatic heterocycles. The highest BCUT2D eigenvalue weighted by atomic mass is 19.1. The summed E-state index contributed by atoms with van der Waals surface area (Å²) in [6.45, 7) is 1.52. The molecule has 5 heteroatoms. The van der Waals surface area contributed by atoms with Crippen molar-refractivity contribution in [1.82, 2.24) is 5.32 Å². The van der Waals surface area contributed by atoms with Crippen molar-refractivity contribution in [3.05, 3.63) is 30.1 Å². The lowest BCUT2D eigenvalue weighted by Gasteiger charge is -2.11. The maximum absolute atomic E-state index is 12.7. The summed E-state index contributed by atoms with van der Waals surface area (Å²) >= 11 is 0. The molecule has 0 saturated heterocycles. The van der Waals surface area contributed by atoms with Gasteiger partial charge in [0, 0.05) is 5.69 Å². The second kappa shape index (κ2) is 5.31. The maximum atomic E-state index is 12.7. The minimum absolute atomic E-state index is 0.142. The first-order valence-electron chi connectivity index (χ1n) is 4.55. The first kappa shape index (κ1) is 11.5. The number of halogens is 1. The van der Waals surface area contributed by atoms with E-state index < -0.39 is 11.8 Å². The van der Waals surface area contributed by atoms with Gasteiger partial charge in [0.1, 0.15) is 5.82 Å². The average molecular weight is 212 g/mol. The molecule has 0 heterocycles. The summed E-state index contributed by atoms with van der Waals surface area (Å²) in [5, 5.41) is 13.6. The van der Waals surface area contributed by atoms with Gasteiger partial charge in [-0.25, -0.2) is 9.18 Å². The standard InChI is InChI=1S/C10H13FN2O2/c1-7(6-14)12-10(15)13-9-4-2-3-8(11)5-9/h2-5,7,14H,6H2,1H3,(H2,12,13,15)/t7-/m1/s1. The van der Waals surface area contributed by atoms with Crippen LogP contribution in [0.4, 0.5) is 14.9 Å². The molecule has 2 amide bonds. The van der Waals surface area contributed by atoms with Crippen LogP contribution >= 0.6 is 0 Å². The van der Waals surface area contributed by atoms with Gasteiger partial charge < -0.3 is 15.7 Å². The molecule has 0 aliphatic heterocycles. The van der Waals surface area contributed by atoms with Crippen molar-refractivity contribution >= 4 is 11.7 Å². The van der Waals surface area contributed by atoms with Crippen LogP contribution < -0.4 is 10.6 Å². The molecule has 0 aliphatic rings. The number of carbonyl (C=O) groups is 1. The number of aliphatic hydroxyl groups is 1. The van der Waals surface area contributed by atoms with Crippen LogP contribution in [0.1, 0.15) is 6.92 Å². The largest absolute Gasteiger partial charge is 0.394 e. The summed E-state index contributed by atoms with van der Waals surface area (Å²) in [4.78, 5) is 11.2. The number of aliphatic hydroxyl groups excluding tert-OH is 1. The number of nitrogens with one attached hydrogen (secondary N) is 2. The van der Waals surface area contributed by atoms with Gasteiger partial charge in [-0.2, -0.15) is 0 Å². The van der Waals surface area contributed by atoms with Gasteiger partial charge in [-0.3, -0.25) is 0 Å². The Balaban J connectivity index is 2.51. The van der Waals surface area contributed by atoms with E-state index in [1.165, 1.54) is 18.2 Å². The van der Waals surface area contributed by atoms with E-state index in [0.717, 1.165) is 0 Å². The van der Waals surface area contributed by atoms with Crippen molar-refractivity contribution < 1.29 is 14.3 Å². The fourth-order valence-corrected chi connectivity index (χ4v) is 1.00. The Morgan fingerprint density at radius 2 is 2.33 bits per heavy atom. The monoisotopic (exact) mass is 212 g/mol. The Morgan fingerprint density at radius 3 is 2.93 bits per heavy atom. The van der Waals surface area contributed by atoms with E-state index in [9.17, 15) is 9.18 Å². The van der Waals surface area contributed by atoms with Gasteiger partial charge in [-0.05, 0) is 25.1 Å². The molecule has 1 aromatic carbocycles. The summed E-state index contributed by atoms with van der Waals surface area (Å²) < 4.78 is 12.7. The molecule has 4 nitrogen and oxygen atoms in total. The minimum atomic E-state index is -0.470. The van der Waals surface area contributed by atoms with E-state index in [-0.39, 0.29) is 12.6 Å². The maximum Gasteiger partial charge on any atom is 0.319 e. The van der Waals surface area contributed by atoms with E-state index in [1.807, 2.05) is 0 Å². The zero-order chi connectivity index (χ0) is 11.3. The topological polar surface area (TPSA) is 61.4 Å². The van der Waals surface area contributed by atoms with Crippen LogP contribution in [-0.4, -0.2) is 23.8 Å². The van der Waals surface area contributed by atoms with Gasteiger partial charge >= 0.3 is 6.03 Å². The van der Waals surface area contributed by atoms with Crippen molar-refractivity contribution in [2.24, 2.45) is 0 Å². The molecule has 0 bridgehead atoms. The van der Waals surface area contributed by atoms with Gasteiger partial charge in [-0.15, -0.1) is 0 Å². The number of hydrogen-bond acceptors (Lipinski definition) is 2. The highest BCUT2D eigenvalue weighted by Gasteiger charge is 2.05. The molecule has 1 atom stereocenters. The summed E-state index contributed by atoms with van der Waals surface area (Å²) in [6, 6.07) is 4.77. The van der Waals surface area contributed by atoms with Crippen molar-refractivity contribution in [1.29, 1.82) is 0 Å². The Morgan fingerprint density at radius 1 is 1.60 bits per heavy atom. The summed E-state index contributed by atoms with van der Waals surface area (Å²) in [6.07, 6.45) is 0. The predicted molar refractivity (Wildman–Crippen MR) is 55.1 cm³/mol. The van der Waals surface area contributed by atoms with E-state index in [0.29, 0.717) is 5.69 Å². The van der Waals surface area contributed by atoms with Gasteiger partial charge in [0.2, 0.25) is 0 Å². The third kappa shape index (κ3) is 3.95. The van der Waals surface area contributed by atoms with Crippen molar-refractivity contribution in [3.8, 4) is 0 Å². The van der Waals surface area contributed by atoms with Crippen LogP contribution in [0.3, 0.4) is 0 Å². The Bertz CT molecular complexity index is 344. The Hall–Kier alpha value is -1.62. The summed E-state index contributed by atoms with van der Waals surface area (Å²) in [7, 11) is 0. The average Bonchev–Trinajstić information content (AvgIpc) is 2.17. The molecular formula is C10H13FN2O2. The third-order valence-corrected chi connectivity index (χ3v) is 1.73. The number of carbonyl (C=O) groups excluding carboxylic acids is 1. The lowest BCUT2D eigenvalue weighted by molar-refractivity contribution is 0.229. The number of anilines is 1. The molecule has 0 saturated carbocycles. The molecule has 0 radical (unpaired) electrons. The highest BCUT2D eigenvalue weighted by molar-refractivity contribution is 5.89. The number of rotatable bonds is 3. The van der Waals surface area contributed by atoms with Crippen LogP contribution in [0.25, 0.3) is 0 Å². The van der Waals surface area contributed by atoms with Crippen LogP contribution in [0.15, 0.2) is 24.3 Å². The predicted octanol–water partition coefficient (Wildman–Crippen LogP) is 1.33. The first-order valence-corrected chi connectivity index (χ1v) is 4.55. The number of amides is 2. The van der Waals surface area contributed by atoms with E-state index >= 15 is 0 Å². The van der Waals surface area contributed by atoms with Gasteiger partial charge in [0.05, 0.1) is 12.6 Å². The quantitative estimate of drug-likeness (QED) is 0.707. The van der Waals surface area contributed by atoms with Crippen LogP contribution in [0, 0.1) is 5.82 Å².